The molecule has 1 atom stereocenters. The highest BCUT2D eigenvalue weighted by Crippen LogP contribution is 2.33. The number of likely N-dealkylation sites (tertiary alicyclic amines) is 1. The Morgan fingerprint density at radius 3 is 2.77 bits per heavy atom. The number of aryl methyl sites for hydroxylation is 1. The fraction of sp³-hybridized carbons (Fsp3) is 0.280. The van der Waals surface area contributed by atoms with Gasteiger partial charge in [-0.3, -0.25) is 9.69 Å². The molecule has 1 aromatic carbocycles. The molecule has 5 nitrogen and oxygen atoms in total. The number of benzene rings is 1. The number of hydrogen-bond donors (Lipinski definition) is 1. The van der Waals surface area contributed by atoms with Gasteiger partial charge in [0.05, 0.1) is 5.69 Å². The highest BCUT2D eigenvalue weighted by molar-refractivity contribution is 7.21. The molecule has 158 valence electrons. The number of pyridine rings is 1. The summed E-state index contributed by atoms with van der Waals surface area (Å²) in [6.45, 7) is 5.90. The Labute approximate surface area is 186 Å². The van der Waals surface area contributed by atoms with Crippen LogP contribution in [-0.4, -0.2) is 40.0 Å². The molecule has 0 saturated carbocycles. The van der Waals surface area contributed by atoms with E-state index in [1.165, 1.54) is 22.5 Å². The van der Waals surface area contributed by atoms with Crippen molar-refractivity contribution in [2.24, 2.45) is 5.92 Å². The normalized spacial score (nSPS) is 16.7. The van der Waals surface area contributed by atoms with Crippen molar-refractivity contribution in [2.75, 3.05) is 19.6 Å². The Morgan fingerprint density at radius 2 is 1.97 bits per heavy atom. The average molecular weight is 431 g/mol. The number of fused-ring (bicyclic) bond motifs is 1. The Bertz CT molecular complexity index is 1180. The zero-order chi connectivity index (χ0) is 21.2. The molecular formula is C25H26N4OS. The largest absolute Gasteiger partial charge is 0.351 e. The molecule has 6 heteroatoms. The number of nitrogens with zero attached hydrogens (tertiary/aromatic N) is 3. The molecular weight excluding hydrogens is 404 g/mol. The predicted molar refractivity (Wildman–Crippen MR) is 126 cm³/mol. The van der Waals surface area contributed by atoms with E-state index in [4.69, 9.17) is 0 Å². The summed E-state index contributed by atoms with van der Waals surface area (Å²) in [5.41, 5.74) is 3.56. The molecule has 0 unspecified atom stereocenters. The molecule has 31 heavy (non-hydrogen) atoms. The van der Waals surface area contributed by atoms with Crippen LogP contribution in [0.15, 0.2) is 67.1 Å². The minimum Gasteiger partial charge on any atom is -0.351 e. The molecule has 5 rings (SSSR count). The first kappa shape index (κ1) is 20.0. The fourth-order valence-electron chi connectivity index (χ4n) is 4.31. The van der Waals surface area contributed by atoms with Crippen molar-refractivity contribution in [3.8, 4) is 5.69 Å². The highest BCUT2D eigenvalue weighted by Gasteiger charge is 2.25. The Kier molecular flexibility index (Phi) is 5.57. The van der Waals surface area contributed by atoms with Crippen LogP contribution < -0.4 is 5.32 Å². The standard InChI is InChI=1S/C25H26N4OS/c1-18-6-8-19(9-7-18)16-28-14-10-20(17-28)15-27-24(30)23-22(29-12-2-3-13-29)21-5-4-11-26-25(21)31-23/h2-9,11-13,20H,10,14-17H2,1H3,(H,27,30)/t20-/m1/s1. The number of nitrogens with one attached hydrogen (secondary N) is 1. The minimum atomic E-state index is -0.0105. The van der Waals surface area contributed by atoms with Gasteiger partial charge in [-0.05, 0) is 55.6 Å². The second-order valence-electron chi connectivity index (χ2n) is 8.31. The van der Waals surface area contributed by atoms with Crippen molar-refractivity contribution in [2.45, 2.75) is 19.9 Å². The smallest absolute Gasteiger partial charge is 0.263 e. The maximum absolute atomic E-state index is 13.1. The second-order valence-corrected chi connectivity index (χ2v) is 9.31. The van der Waals surface area contributed by atoms with Crippen LogP contribution in [0.4, 0.5) is 0 Å². The lowest BCUT2D eigenvalue weighted by molar-refractivity contribution is 0.0951. The minimum absolute atomic E-state index is 0.0105. The first-order valence-electron chi connectivity index (χ1n) is 10.7. The first-order chi connectivity index (χ1) is 15.2. The van der Waals surface area contributed by atoms with Crippen LogP contribution in [0.3, 0.4) is 0 Å². The van der Waals surface area contributed by atoms with Gasteiger partial charge in [0.15, 0.2) is 0 Å². The van der Waals surface area contributed by atoms with Gasteiger partial charge in [-0.25, -0.2) is 4.98 Å². The van der Waals surface area contributed by atoms with Crippen LogP contribution in [-0.2, 0) is 6.54 Å². The van der Waals surface area contributed by atoms with Crippen LogP contribution in [0.2, 0.25) is 0 Å². The van der Waals surface area contributed by atoms with Crippen molar-refractivity contribution in [1.29, 1.82) is 0 Å². The summed E-state index contributed by atoms with van der Waals surface area (Å²) in [7, 11) is 0. The quantitative estimate of drug-likeness (QED) is 0.485. The van der Waals surface area contributed by atoms with Gasteiger partial charge in [0.2, 0.25) is 0 Å². The number of carbonyl (C=O) groups is 1. The van der Waals surface area contributed by atoms with Gasteiger partial charge >= 0.3 is 0 Å². The molecule has 1 amide bonds. The Hall–Kier alpha value is -2.96. The Morgan fingerprint density at radius 1 is 1.16 bits per heavy atom. The summed E-state index contributed by atoms with van der Waals surface area (Å²) in [5.74, 6) is 0.473. The molecule has 1 N–H and O–H groups in total. The maximum atomic E-state index is 13.1. The monoisotopic (exact) mass is 430 g/mol. The van der Waals surface area contributed by atoms with Gasteiger partial charge < -0.3 is 9.88 Å². The van der Waals surface area contributed by atoms with Gasteiger partial charge in [0, 0.05) is 43.6 Å². The van der Waals surface area contributed by atoms with Gasteiger partial charge in [-0.2, -0.15) is 0 Å². The van der Waals surface area contributed by atoms with E-state index in [9.17, 15) is 4.79 Å². The van der Waals surface area contributed by atoms with E-state index >= 15 is 0 Å². The molecule has 4 heterocycles. The van der Waals surface area contributed by atoms with E-state index in [1.54, 1.807) is 6.20 Å². The molecule has 1 aliphatic heterocycles. The summed E-state index contributed by atoms with van der Waals surface area (Å²) >= 11 is 1.46. The summed E-state index contributed by atoms with van der Waals surface area (Å²) in [4.78, 5) is 21.7. The Balaban J connectivity index is 1.25. The number of carbonyl (C=O) groups excluding carboxylic acids is 1. The van der Waals surface area contributed by atoms with Crippen molar-refractivity contribution in [3.63, 3.8) is 0 Å². The molecule has 1 aliphatic rings. The van der Waals surface area contributed by atoms with Gasteiger partial charge in [-0.15, -0.1) is 11.3 Å². The van der Waals surface area contributed by atoms with Crippen LogP contribution in [0.5, 0.6) is 0 Å². The number of aromatic nitrogens is 2. The third kappa shape index (κ3) is 4.27. The van der Waals surface area contributed by atoms with E-state index in [0.29, 0.717) is 12.5 Å². The third-order valence-electron chi connectivity index (χ3n) is 5.96. The molecule has 0 bridgehead atoms. The van der Waals surface area contributed by atoms with E-state index < -0.39 is 0 Å². The molecule has 0 aliphatic carbocycles. The third-order valence-corrected chi connectivity index (χ3v) is 7.06. The average Bonchev–Trinajstić information content (AvgIpc) is 3.53. The van der Waals surface area contributed by atoms with Crippen LogP contribution >= 0.6 is 11.3 Å². The van der Waals surface area contributed by atoms with Crippen molar-refractivity contribution >= 4 is 27.5 Å². The zero-order valence-corrected chi connectivity index (χ0v) is 18.4. The van der Waals surface area contributed by atoms with E-state index in [-0.39, 0.29) is 5.91 Å². The summed E-state index contributed by atoms with van der Waals surface area (Å²) in [6.07, 6.45) is 6.85. The predicted octanol–water partition coefficient (Wildman–Crippen LogP) is 4.65. The van der Waals surface area contributed by atoms with Crippen molar-refractivity contribution in [3.05, 3.63) is 83.1 Å². The zero-order valence-electron chi connectivity index (χ0n) is 17.6. The number of rotatable bonds is 6. The topological polar surface area (TPSA) is 50.2 Å². The molecule has 4 aromatic rings. The first-order valence-corrected chi connectivity index (χ1v) is 11.6. The van der Waals surface area contributed by atoms with Gasteiger partial charge in [-0.1, -0.05) is 29.8 Å². The fourth-order valence-corrected chi connectivity index (χ4v) is 5.36. The van der Waals surface area contributed by atoms with Crippen molar-refractivity contribution < 1.29 is 4.79 Å². The van der Waals surface area contributed by atoms with Gasteiger partial charge in [0.1, 0.15) is 9.71 Å². The van der Waals surface area contributed by atoms with Crippen LogP contribution in [0.25, 0.3) is 15.9 Å². The lowest BCUT2D eigenvalue weighted by Gasteiger charge is -2.16. The van der Waals surface area contributed by atoms with Crippen LogP contribution in [0, 0.1) is 12.8 Å². The molecule has 1 saturated heterocycles. The lowest BCUT2D eigenvalue weighted by atomic mass is 10.1. The number of hydrogen-bond acceptors (Lipinski definition) is 4. The van der Waals surface area contributed by atoms with Crippen molar-refractivity contribution in [1.82, 2.24) is 19.8 Å². The highest BCUT2D eigenvalue weighted by atomic mass is 32.1. The van der Waals surface area contributed by atoms with E-state index in [2.05, 4.69) is 46.4 Å². The number of amides is 1. The van der Waals surface area contributed by atoms with E-state index in [0.717, 1.165) is 46.8 Å². The number of thiophene rings is 1. The van der Waals surface area contributed by atoms with Crippen LogP contribution in [0.1, 0.15) is 27.2 Å². The molecule has 1 fully saturated rings. The summed E-state index contributed by atoms with van der Waals surface area (Å²) < 4.78 is 2.01. The second kappa shape index (κ2) is 8.65. The lowest BCUT2D eigenvalue weighted by Crippen LogP contribution is -2.31. The SMILES string of the molecule is Cc1ccc(CN2CC[C@H](CNC(=O)c3sc4ncccc4c3-n3cccc3)C2)cc1. The molecule has 3 aromatic heterocycles. The van der Waals surface area contributed by atoms with E-state index in [1.807, 2.05) is 41.2 Å². The summed E-state index contributed by atoms with van der Waals surface area (Å²) in [6, 6.07) is 16.7. The molecule has 0 radical (unpaired) electrons. The molecule has 0 spiro atoms. The van der Waals surface area contributed by atoms with Gasteiger partial charge in [0.25, 0.3) is 5.91 Å². The maximum Gasteiger partial charge on any atom is 0.263 e. The summed E-state index contributed by atoms with van der Waals surface area (Å²) in [5, 5.41) is 4.21.